The summed E-state index contributed by atoms with van der Waals surface area (Å²) in [6.45, 7) is 3.42. The van der Waals surface area contributed by atoms with E-state index in [0.717, 1.165) is 39.5 Å². The van der Waals surface area contributed by atoms with Crippen LogP contribution in [0.3, 0.4) is 0 Å². The van der Waals surface area contributed by atoms with Crippen molar-refractivity contribution in [2.75, 3.05) is 39.5 Å². The van der Waals surface area contributed by atoms with Crippen molar-refractivity contribution in [3.8, 4) is 33.9 Å². The molecule has 1 aromatic heterocycles. The summed E-state index contributed by atoms with van der Waals surface area (Å²) in [6, 6.07) is 38.7. The molecule has 5 aromatic rings. The number of imidazole rings is 1. The molecule has 0 unspecified atom stereocenters. The zero-order chi connectivity index (χ0) is 29.0. The van der Waals surface area contributed by atoms with Gasteiger partial charge in [0, 0.05) is 41.9 Å². The van der Waals surface area contributed by atoms with E-state index >= 15 is 0 Å². The third-order valence-corrected chi connectivity index (χ3v) is 6.82. The summed E-state index contributed by atoms with van der Waals surface area (Å²) in [6.07, 6.45) is 0. The quantitative estimate of drug-likeness (QED) is 0.171. The smallest absolute Gasteiger partial charge is 0.251 e. The van der Waals surface area contributed by atoms with Gasteiger partial charge in [-0.3, -0.25) is 4.79 Å². The molecule has 7 heteroatoms. The number of rotatable bonds is 14. The monoisotopic (exact) mass is 560 g/mol. The number of carbonyl (C=O) groups excluding carboxylic acids is 1. The van der Waals surface area contributed by atoms with Crippen molar-refractivity contribution in [3.05, 3.63) is 126 Å². The summed E-state index contributed by atoms with van der Waals surface area (Å²) in [7, 11) is 0. The molecule has 0 fully saturated rings. The lowest BCUT2D eigenvalue weighted by Gasteiger charge is -2.14. The van der Waals surface area contributed by atoms with Crippen LogP contribution < -0.4 is 11.1 Å². The Hall–Kier alpha value is -4.56. The fourth-order valence-corrected chi connectivity index (χ4v) is 4.79. The molecule has 4 aromatic carbocycles. The number of aromatic nitrogens is 2. The molecule has 214 valence electrons. The molecule has 0 aliphatic carbocycles. The van der Waals surface area contributed by atoms with Gasteiger partial charge in [0.15, 0.2) is 0 Å². The highest BCUT2D eigenvalue weighted by Crippen LogP contribution is 2.36. The number of benzene rings is 4. The van der Waals surface area contributed by atoms with Crippen LogP contribution >= 0.6 is 0 Å². The number of nitrogens with zero attached hydrogens (tertiary/aromatic N) is 2. The average Bonchev–Trinajstić information content (AvgIpc) is 3.43. The zero-order valence-electron chi connectivity index (χ0n) is 23.6. The van der Waals surface area contributed by atoms with E-state index in [-0.39, 0.29) is 5.91 Å². The summed E-state index contributed by atoms with van der Waals surface area (Å²) in [5.74, 6) is 0.761. The predicted octanol–water partition coefficient (Wildman–Crippen LogP) is 5.65. The van der Waals surface area contributed by atoms with Crippen LogP contribution in [-0.2, 0) is 16.0 Å². The minimum absolute atomic E-state index is 0.131. The maximum Gasteiger partial charge on any atom is 0.251 e. The first-order chi connectivity index (χ1) is 20.7. The second-order valence-electron chi connectivity index (χ2n) is 9.78. The van der Waals surface area contributed by atoms with Gasteiger partial charge < -0.3 is 25.1 Å². The highest BCUT2D eigenvalue weighted by molar-refractivity contribution is 5.94. The van der Waals surface area contributed by atoms with Crippen LogP contribution in [0.4, 0.5) is 0 Å². The van der Waals surface area contributed by atoms with Gasteiger partial charge in [-0.1, -0.05) is 103 Å². The molecule has 7 nitrogen and oxygen atoms in total. The van der Waals surface area contributed by atoms with Gasteiger partial charge >= 0.3 is 0 Å². The van der Waals surface area contributed by atoms with Gasteiger partial charge in [-0.05, 0) is 17.7 Å². The van der Waals surface area contributed by atoms with E-state index in [1.54, 1.807) is 0 Å². The Bertz CT molecular complexity index is 1540. The van der Waals surface area contributed by atoms with Gasteiger partial charge in [0.2, 0.25) is 0 Å². The summed E-state index contributed by atoms with van der Waals surface area (Å²) in [4.78, 5) is 17.9. The summed E-state index contributed by atoms with van der Waals surface area (Å²) in [5, 5.41) is 2.91. The Labute approximate surface area is 246 Å². The topological polar surface area (TPSA) is 91.4 Å². The average molecular weight is 561 g/mol. The molecule has 0 spiro atoms. The highest BCUT2D eigenvalue weighted by atomic mass is 16.5. The van der Waals surface area contributed by atoms with E-state index in [9.17, 15) is 4.79 Å². The van der Waals surface area contributed by atoms with Gasteiger partial charge in [0.05, 0.1) is 37.8 Å². The molecule has 0 aliphatic rings. The number of hydrogen-bond donors (Lipinski definition) is 2. The molecule has 5 rings (SSSR count). The molecule has 0 atom stereocenters. The van der Waals surface area contributed by atoms with E-state index in [1.807, 2.05) is 66.7 Å². The van der Waals surface area contributed by atoms with Crippen LogP contribution in [0.15, 0.2) is 115 Å². The number of hydrogen-bond acceptors (Lipinski definition) is 5. The van der Waals surface area contributed by atoms with E-state index in [2.05, 4.69) is 58.4 Å². The molecule has 0 saturated carbocycles. The SMILES string of the molecule is NCCOCCOCCNC(=O)c1ccc(Cn2c(-c3ccccc3)nc(-c3ccccc3)c2-c2ccccc2)cc1. The Morgan fingerprint density at radius 3 is 1.88 bits per heavy atom. The van der Waals surface area contributed by atoms with Crippen LogP contribution in [0.25, 0.3) is 33.9 Å². The van der Waals surface area contributed by atoms with E-state index in [4.69, 9.17) is 20.2 Å². The minimum Gasteiger partial charge on any atom is -0.378 e. The lowest BCUT2D eigenvalue weighted by atomic mass is 10.0. The van der Waals surface area contributed by atoms with Crippen LogP contribution in [0.1, 0.15) is 15.9 Å². The van der Waals surface area contributed by atoms with Crippen molar-refractivity contribution in [3.63, 3.8) is 0 Å². The zero-order valence-corrected chi connectivity index (χ0v) is 23.6. The largest absolute Gasteiger partial charge is 0.378 e. The lowest BCUT2D eigenvalue weighted by molar-refractivity contribution is 0.0511. The molecule has 0 saturated heterocycles. The van der Waals surface area contributed by atoms with Crippen molar-refractivity contribution in [1.29, 1.82) is 0 Å². The minimum atomic E-state index is -0.131. The standard InChI is InChI=1S/C35H36N4O3/c36-20-22-41-24-25-42-23-21-37-35(40)31-18-16-27(17-19-31)26-39-33(29-12-6-2-7-13-29)32(28-10-4-1-5-11-28)38-34(39)30-14-8-3-9-15-30/h1-19H,20-26,36H2,(H,37,40). The fourth-order valence-electron chi connectivity index (χ4n) is 4.79. The highest BCUT2D eigenvalue weighted by Gasteiger charge is 2.21. The molecule has 42 heavy (non-hydrogen) atoms. The van der Waals surface area contributed by atoms with Crippen LogP contribution in [0.5, 0.6) is 0 Å². The molecule has 0 aliphatic heterocycles. The summed E-state index contributed by atoms with van der Waals surface area (Å²) >= 11 is 0. The Morgan fingerprint density at radius 2 is 1.26 bits per heavy atom. The van der Waals surface area contributed by atoms with Crippen molar-refractivity contribution >= 4 is 5.91 Å². The number of carbonyl (C=O) groups is 1. The first kappa shape index (κ1) is 29.0. The molecular formula is C35H36N4O3. The number of ether oxygens (including phenoxy) is 2. The maximum absolute atomic E-state index is 12.7. The lowest BCUT2D eigenvalue weighted by Crippen LogP contribution is -2.27. The number of nitrogens with one attached hydrogen (secondary N) is 1. The van der Waals surface area contributed by atoms with Crippen molar-refractivity contribution in [2.45, 2.75) is 6.54 Å². The van der Waals surface area contributed by atoms with Gasteiger partial charge in [-0.2, -0.15) is 0 Å². The Balaban J connectivity index is 1.38. The Morgan fingerprint density at radius 1 is 0.690 bits per heavy atom. The molecule has 0 radical (unpaired) electrons. The van der Waals surface area contributed by atoms with Crippen LogP contribution in [0, 0.1) is 0 Å². The Kier molecular flexibility index (Phi) is 10.3. The molecule has 1 heterocycles. The van der Waals surface area contributed by atoms with Crippen LogP contribution in [-0.4, -0.2) is 55.0 Å². The fraction of sp³-hybridized carbons (Fsp3) is 0.200. The molecular weight excluding hydrogens is 524 g/mol. The van der Waals surface area contributed by atoms with Gasteiger partial charge in [-0.25, -0.2) is 4.98 Å². The normalized spacial score (nSPS) is 11.0. The van der Waals surface area contributed by atoms with E-state index < -0.39 is 0 Å². The first-order valence-corrected chi connectivity index (χ1v) is 14.2. The second-order valence-corrected chi connectivity index (χ2v) is 9.78. The van der Waals surface area contributed by atoms with E-state index in [1.165, 1.54) is 0 Å². The molecule has 1 amide bonds. The van der Waals surface area contributed by atoms with Gasteiger partial charge in [-0.15, -0.1) is 0 Å². The maximum atomic E-state index is 12.7. The number of amides is 1. The first-order valence-electron chi connectivity index (χ1n) is 14.2. The van der Waals surface area contributed by atoms with Crippen molar-refractivity contribution < 1.29 is 14.3 Å². The second kappa shape index (κ2) is 14.9. The number of nitrogens with two attached hydrogens (primary N) is 1. The van der Waals surface area contributed by atoms with Crippen molar-refractivity contribution in [1.82, 2.24) is 14.9 Å². The predicted molar refractivity (Wildman–Crippen MR) is 167 cm³/mol. The summed E-state index contributed by atoms with van der Waals surface area (Å²) in [5.41, 5.74) is 12.3. The van der Waals surface area contributed by atoms with Crippen molar-refractivity contribution in [2.24, 2.45) is 5.73 Å². The van der Waals surface area contributed by atoms with E-state index in [0.29, 0.717) is 51.6 Å². The summed E-state index contributed by atoms with van der Waals surface area (Å²) < 4.78 is 13.0. The van der Waals surface area contributed by atoms with Gasteiger partial charge in [0.25, 0.3) is 5.91 Å². The molecule has 0 bridgehead atoms. The molecule has 3 N–H and O–H groups in total. The van der Waals surface area contributed by atoms with Gasteiger partial charge in [0.1, 0.15) is 5.82 Å². The third-order valence-electron chi connectivity index (χ3n) is 6.82. The van der Waals surface area contributed by atoms with Crippen LogP contribution in [0.2, 0.25) is 0 Å². The third kappa shape index (κ3) is 7.39.